The lowest BCUT2D eigenvalue weighted by Gasteiger charge is -2.15. The molecule has 0 saturated heterocycles. The quantitative estimate of drug-likeness (QED) is 0.403. The maximum absolute atomic E-state index is 12.9. The number of rotatable bonds is 9. The smallest absolute Gasteiger partial charge is 0.492 e. The monoisotopic (exact) mass is 443 g/mol. The lowest BCUT2D eigenvalue weighted by molar-refractivity contribution is -0.274. The molecule has 3 aromatic rings. The van der Waals surface area contributed by atoms with Crippen LogP contribution in [0.25, 0.3) is 11.1 Å². The molecule has 3 rings (SSSR count). The Balaban J connectivity index is 1.78. The first-order valence-electron chi connectivity index (χ1n) is 10.1. The van der Waals surface area contributed by atoms with Gasteiger partial charge in [-0.15, -0.1) is 13.2 Å². The number of carbonyl (C=O) groups excluding carboxylic acids is 1. The minimum absolute atomic E-state index is 0.0390. The molecule has 0 aliphatic carbocycles. The predicted molar refractivity (Wildman–Crippen MR) is 117 cm³/mol. The molecule has 7 heteroatoms. The van der Waals surface area contributed by atoms with Gasteiger partial charge in [0.25, 0.3) is 0 Å². The van der Waals surface area contributed by atoms with E-state index >= 15 is 0 Å². The molecule has 0 amide bonds. The molecule has 0 N–H and O–H groups in total. The molecule has 0 unspecified atom stereocenters. The lowest BCUT2D eigenvalue weighted by Crippen LogP contribution is -2.19. The molecule has 168 valence electrons. The molecule has 0 spiro atoms. The van der Waals surface area contributed by atoms with Crippen molar-refractivity contribution in [3.63, 3.8) is 0 Å². The minimum Gasteiger partial charge on any atom is -0.492 e. The summed E-state index contributed by atoms with van der Waals surface area (Å²) in [5.41, 5.74) is 1.91. The first-order valence-corrected chi connectivity index (χ1v) is 10.1. The van der Waals surface area contributed by atoms with Crippen molar-refractivity contribution >= 4 is 5.78 Å². The predicted octanol–water partition coefficient (Wildman–Crippen LogP) is 5.62. The van der Waals surface area contributed by atoms with Crippen LogP contribution in [-0.2, 0) is 6.42 Å². The van der Waals surface area contributed by atoms with E-state index in [-0.39, 0.29) is 23.5 Å². The molecule has 0 bridgehead atoms. The van der Waals surface area contributed by atoms with Crippen molar-refractivity contribution in [3.8, 4) is 22.6 Å². The van der Waals surface area contributed by atoms with E-state index in [1.165, 1.54) is 12.1 Å². The molecule has 3 aromatic carbocycles. The Hall–Kier alpha value is -3.32. The fourth-order valence-corrected chi connectivity index (χ4v) is 3.20. The fourth-order valence-electron chi connectivity index (χ4n) is 3.20. The Bertz CT molecular complexity index is 1050. The van der Waals surface area contributed by atoms with E-state index in [4.69, 9.17) is 4.74 Å². The number of hydrogen-bond donors (Lipinski definition) is 0. The van der Waals surface area contributed by atoms with Crippen LogP contribution in [-0.4, -0.2) is 44.3 Å². The molecule has 32 heavy (non-hydrogen) atoms. The van der Waals surface area contributed by atoms with E-state index in [0.717, 1.165) is 6.54 Å². The number of alkyl halides is 3. The molecule has 0 heterocycles. The Morgan fingerprint density at radius 3 is 2.16 bits per heavy atom. The molecule has 0 atom stereocenters. The van der Waals surface area contributed by atoms with Crippen LogP contribution >= 0.6 is 0 Å². The number of benzene rings is 3. The van der Waals surface area contributed by atoms with Crippen molar-refractivity contribution in [2.45, 2.75) is 12.8 Å². The fraction of sp³-hybridized carbons (Fsp3) is 0.240. The number of para-hydroxylation sites is 1. The van der Waals surface area contributed by atoms with Gasteiger partial charge in [-0.25, -0.2) is 0 Å². The van der Waals surface area contributed by atoms with Gasteiger partial charge in [-0.3, -0.25) is 4.79 Å². The van der Waals surface area contributed by atoms with Crippen LogP contribution in [0.15, 0.2) is 72.8 Å². The average Bonchev–Trinajstić information content (AvgIpc) is 2.74. The van der Waals surface area contributed by atoms with Gasteiger partial charge in [0.05, 0.1) is 0 Å². The number of ether oxygens (including phenoxy) is 2. The van der Waals surface area contributed by atoms with Gasteiger partial charge in [0.15, 0.2) is 5.78 Å². The topological polar surface area (TPSA) is 38.8 Å². The summed E-state index contributed by atoms with van der Waals surface area (Å²) >= 11 is 0. The molecular weight excluding hydrogens is 419 g/mol. The molecule has 4 nitrogen and oxygen atoms in total. The standard InChI is InChI=1S/C25H24F3NO3/c1-29(2)15-16-31-20-13-11-18(12-14-20)23(30)17-19-7-3-4-8-21(19)22-9-5-6-10-24(22)32-25(26,27)28/h3-14H,15-17H2,1-2H3. The molecule has 0 aliphatic rings. The molecule has 0 fully saturated rings. The van der Waals surface area contributed by atoms with Crippen LogP contribution < -0.4 is 9.47 Å². The third-order valence-corrected chi connectivity index (χ3v) is 4.75. The van der Waals surface area contributed by atoms with E-state index in [1.807, 2.05) is 19.0 Å². The summed E-state index contributed by atoms with van der Waals surface area (Å²) in [7, 11) is 3.91. The maximum atomic E-state index is 12.9. The second-order valence-corrected chi connectivity index (χ2v) is 7.48. The first kappa shape index (κ1) is 23.3. The Morgan fingerprint density at radius 1 is 0.875 bits per heavy atom. The van der Waals surface area contributed by atoms with E-state index < -0.39 is 6.36 Å². The highest BCUT2D eigenvalue weighted by Gasteiger charge is 2.32. The summed E-state index contributed by atoms with van der Waals surface area (Å²) in [6, 6.07) is 19.6. The van der Waals surface area contributed by atoms with Gasteiger partial charge in [0, 0.05) is 24.1 Å². The van der Waals surface area contributed by atoms with Crippen LogP contribution in [0.1, 0.15) is 15.9 Å². The Morgan fingerprint density at radius 2 is 1.50 bits per heavy atom. The summed E-state index contributed by atoms with van der Waals surface area (Å²) in [6.45, 7) is 1.31. The van der Waals surface area contributed by atoms with Gasteiger partial charge in [0.2, 0.25) is 0 Å². The number of carbonyl (C=O) groups is 1. The van der Waals surface area contributed by atoms with Crippen molar-refractivity contribution in [2.24, 2.45) is 0 Å². The second-order valence-electron chi connectivity index (χ2n) is 7.48. The van der Waals surface area contributed by atoms with E-state index in [2.05, 4.69) is 4.74 Å². The van der Waals surface area contributed by atoms with Crippen LogP contribution in [0.4, 0.5) is 13.2 Å². The van der Waals surface area contributed by atoms with Crippen molar-refractivity contribution in [1.82, 2.24) is 4.90 Å². The number of ketones is 1. The lowest BCUT2D eigenvalue weighted by atomic mass is 9.94. The van der Waals surface area contributed by atoms with Crippen LogP contribution in [0.2, 0.25) is 0 Å². The number of nitrogens with zero attached hydrogens (tertiary/aromatic N) is 1. The SMILES string of the molecule is CN(C)CCOc1ccc(C(=O)Cc2ccccc2-c2ccccc2OC(F)(F)F)cc1. The molecule has 0 saturated carbocycles. The summed E-state index contributed by atoms with van der Waals surface area (Å²) < 4.78 is 48.3. The summed E-state index contributed by atoms with van der Waals surface area (Å²) in [6.07, 6.45) is -4.77. The second kappa shape index (κ2) is 10.3. The molecule has 0 aromatic heterocycles. The van der Waals surface area contributed by atoms with Crippen molar-refractivity contribution < 1.29 is 27.4 Å². The molecule has 0 radical (unpaired) electrons. The zero-order valence-electron chi connectivity index (χ0n) is 17.9. The minimum atomic E-state index is -4.81. The largest absolute Gasteiger partial charge is 0.573 e. The van der Waals surface area contributed by atoms with Gasteiger partial charge in [-0.1, -0.05) is 42.5 Å². The molecular formula is C25H24F3NO3. The van der Waals surface area contributed by atoms with Gasteiger partial charge in [-0.05, 0) is 55.6 Å². The third-order valence-electron chi connectivity index (χ3n) is 4.75. The number of hydrogen-bond acceptors (Lipinski definition) is 4. The Labute approximate surface area is 185 Å². The zero-order chi connectivity index (χ0) is 23.1. The van der Waals surface area contributed by atoms with E-state index in [0.29, 0.717) is 29.0 Å². The summed E-state index contributed by atoms with van der Waals surface area (Å²) in [4.78, 5) is 14.9. The highest BCUT2D eigenvalue weighted by molar-refractivity contribution is 5.98. The zero-order valence-corrected chi connectivity index (χ0v) is 17.9. The van der Waals surface area contributed by atoms with Crippen LogP contribution in [0.3, 0.4) is 0 Å². The van der Waals surface area contributed by atoms with Gasteiger partial charge < -0.3 is 14.4 Å². The van der Waals surface area contributed by atoms with Gasteiger partial charge >= 0.3 is 6.36 Å². The maximum Gasteiger partial charge on any atom is 0.573 e. The van der Waals surface area contributed by atoms with Crippen molar-refractivity contribution in [1.29, 1.82) is 0 Å². The Kier molecular flexibility index (Phi) is 7.53. The summed E-state index contributed by atoms with van der Waals surface area (Å²) in [5.74, 6) is 0.215. The average molecular weight is 443 g/mol. The van der Waals surface area contributed by atoms with Crippen molar-refractivity contribution in [3.05, 3.63) is 83.9 Å². The van der Waals surface area contributed by atoms with Crippen LogP contribution in [0.5, 0.6) is 11.5 Å². The number of likely N-dealkylation sites (N-methyl/N-ethyl adjacent to an activating group) is 1. The van der Waals surface area contributed by atoms with Crippen molar-refractivity contribution in [2.75, 3.05) is 27.2 Å². The first-order chi connectivity index (χ1) is 15.2. The van der Waals surface area contributed by atoms with E-state index in [1.54, 1.807) is 60.7 Å². The van der Waals surface area contributed by atoms with Crippen LogP contribution in [0, 0.1) is 0 Å². The van der Waals surface area contributed by atoms with Gasteiger partial charge in [0.1, 0.15) is 18.1 Å². The third kappa shape index (κ3) is 6.59. The van der Waals surface area contributed by atoms with Gasteiger partial charge in [-0.2, -0.15) is 0 Å². The highest BCUT2D eigenvalue weighted by Crippen LogP contribution is 2.35. The highest BCUT2D eigenvalue weighted by atomic mass is 19.4. The number of halogens is 3. The number of Topliss-reactive ketones (excluding diaryl/α,β-unsaturated/α-hetero) is 1. The molecule has 0 aliphatic heterocycles. The summed E-state index contributed by atoms with van der Waals surface area (Å²) in [5, 5.41) is 0. The normalized spacial score (nSPS) is 11.4. The van der Waals surface area contributed by atoms with E-state index in [9.17, 15) is 18.0 Å².